The third-order valence-electron chi connectivity index (χ3n) is 5.19. The summed E-state index contributed by atoms with van der Waals surface area (Å²) in [6.07, 6.45) is 1.44. The van der Waals surface area contributed by atoms with Crippen LogP contribution >= 0.6 is 11.6 Å². The molecular weight excluding hydrogens is 348 g/mol. The van der Waals surface area contributed by atoms with Crippen LogP contribution in [0.25, 0.3) is 16.6 Å². The van der Waals surface area contributed by atoms with Crippen molar-refractivity contribution < 1.29 is 9.90 Å². The summed E-state index contributed by atoms with van der Waals surface area (Å²) in [6.45, 7) is 2.45. The highest BCUT2D eigenvalue weighted by atomic mass is 35.5. The Bertz CT molecular complexity index is 925. The fourth-order valence-electron chi connectivity index (χ4n) is 3.79. The van der Waals surface area contributed by atoms with Crippen molar-refractivity contribution >= 4 is 28.5 Å². The second-order valence-corrected chi connectivity index (χ2v) is 7.33. The minimum Gasteiger partial charge on any atom is -0.481 e. The Hall–Kier alpha value is -2.30. The number of hydrogen-bond donors (Lipinski definition) is 1. The topological polar surface area (TPSA) is 45.5 Å². The lowest BCUT2D eigenvalue weighted by Crippen LogP contribution is -2.36. The molecule has 0 unspecified atom stereocenters. The number of nitrogens with zero attached hydrogens (tertiary/aromatic N) is 2. The molecule has 1 aliphatic rings. The lowest BCUT2D eigenvalue weighted by atomic mass is 9.97. The quantitative estimate of drug-likeness (QED) is 0.733. The first-order chi connectivity index (χ1) is 12.6. The molecule has 5 heteroatoms. The molecule has 0 aliphatic carbocycles. The van der Waals surface area contributed by atoms with E-state index in [2.05, 4.69) is 39.8 Å². The van der Waals surface area contributed by atoms with Crippen molar-refractivity contribution in [1.82, 2.24) is 9.47 Å². The van der Waals surface area contributed by atoms with Crippen LogP contribution in [-0.4, -0.2) is 33.6 Å². The third kappa shape index (κ3) is 3.35. The zero-order chi connectivity index (χ0) is 18.1. The van der Waals surface area contributed by atoms with Crippen LogP contribution in [0.4, 0.5) is 0 Å². The zero-order valence-corrected chi connectivity index (χ0v) is 15.2. The number of likely N-dealkylation sites (tertiary alicyclic amines) is 1. The van der Waals surface area contributed by atoms with Gasteiger partial charge in [0, 0.05) is 28.3 Å². The van der Waals surface area contributed by atoms with Crippen molar-refractivity contribution in [3.63, 3.8) is 0 Å². The Morgan fingerprint density at radius 2 is 1.77 bits per heavy atom. The van der Waals surface area contributed by atoms with E-state index in [1.54, 1.807) is 0 Å². The third-order valence-corrected chi connectivity index (χ3v) is 5.45. The Morgan fingerprint density at radius 1 is 1.08 bits per heavy atom. The first kappa shape index (κ1) is 17.1. The molecule has 0 radical (unpaired) electrons. The predicted molar refractivity (Wildman–Crippen MR) is 104 cm³/mol. The molecule has 0 atom stereocenters. The van der Waals surface area contributed by atoms with Gasteiger partial charge in [0.1, 0.15) is 0 Å². The van der Waals surface area contributed by atoms with Crippen molar-refractivity contribution in [2.75, 3.05) is 13.1 Å². The van der Waals surface area contributed by atoms with Gasteiger partial charge in [0.25, 0.3) is 0 Å². The highest BCUT2D eigenvalue weighted by molar-refractivity contribution is 6.30. The summed E-state index contributed by atoms with van der Waals surface area (Å²) in [5, 5.41) is 11.1. The number of rotatable bonds is 4. The standard InChI is InChI=1S/C21H21ClN2O2/c22-17-5-7-18(8-6-17)24-19(13-16-3-1-2-4-20(16)24)14-23-11-9-15(10-12-23)21(25)26/h1-8,13,15H,9-12,14H2,(H,25,26). The molecule has 0 bridgehead atoms. The summed E-state index contributed by atoms with van der Waals surface area (Å²) in [7, 11) is 0. The predicted octanol–water partition coefficient (Wildman–Crippen LogP) is 4.58. The number of aliphatic carboxylic acids is 1. The van der Waals surface area contributed by atoms with Crippen LogP contribution < -0.4 is 0 Å². The van der Waals surface area contributed by atoms with E-state index in [0.29, 0.717) is 0 Å². The maximum Gasteiger partial charge on any atom is 0.306 e. The van der Waals surface area contributed by atoms with E-state index in [-0.39, 0.29) is 5.92 Å². The maximum atomic E-state index is 11.2. The summed E-state index contributed by atoms with van der Waals surface area (Å²) in [5.41, 5.74) is 3.47. The summed E-state index contributed by atoms with van der Waals surface area (Å²) in [6, 6.07) is 18.5. The van der Waals surface area contributed by atoms with Gasteiger partial charge in [0.2, 0.25) is 0 Å². The van der Waals surface area contributed by atoms with Crippen molar-refractivity contribution in [1.29, 1.82) is 0 Å². The molecule has 0 saturated carbocycles. The molecule has 1 aromatic heterocycles. The normalized spacial score (nSPS) is 16.2. The molecule has 2 aromatic carbocycles. The molecule has 3 aromatic rings. The number of carboxylic acids is 1. The van der Waals surface area contributed by atoms with E-state index in [1.807, 2.05) is 24.3 Å². The number of carboxylic acid groups (broad SMARTS) is 1. The van der Waals surface area contributed by atoms with Gasteiger partial charge in [-0.25, -0.2) is 0 Å². The minimum absolute atomic E-state index is 0.201. The zero-order valence-electron chi connectivity index (χ0n) is 14.4. The molecular formula is C21H21ClN2O2. The Labute approximate surface area is 157 Å². The fourth-order valence-corrected chi connectivity index (χ4v) is 3.92. The van der Waals surface area contributed by atoms with E-state index >= 15 is 0 Å². The number of carbonyl (C=O) groups is 1. The first-order valence-electron chi connectivity index (χ1n) is 8.92. The molecule has 1 fully saturated rings. The second kappa shape index (κ2) is 7.14. The Balaban J connectivity index is 1.66. The molecule has 1 saturated heterocycles. The largest absolute Gasteiger partial charge is 0.481 e. The number of benzene rings is 2. The van der Waals surface area contributed by atoms with E-state index in [1.165, 1.54) is 16.6 Å². The Morgan fingerprint density at radius 3 is 2.46 bits per heavy atom. The van der Waals surface area contributed by atoms with Crippen molar-refractivity contribution in [3.8, 4) is 5.69 Å². The lowest BCUT2D eigenvalue weighted by molar-refractivity contribution is -0.143. The molecule has 26 heavy (non-hydrogen) atoms. The van der Waals surface area contributed by atoms with E-state index in [9.17, 15) is 9.90 Å². The number of hydrogen-bond acceptors (Lipinski definition) is 2. The highest BCUT2D eigenvalue weighted by Crippen LogP contribution is 2.27. The number of halogens is 1. The number of fused-ring (bicyclic) bond motifs is 1. The second-order valence-electron chi connectivity index (χ2n) is 6.89. The van der Waals surface area contributed by atoms with Crippen LogP contribution in [0.2, 0.25) is 5.02 Å². The highest BCUT2D eigenvalue weighted by Gasteiger charge is 2.25. The number of para-hydroxylation sites is 1. The summed E-state index contributed by atoms with van der Waals surface area (Å²) >= 11 is 6.06. The van der Waals surface area contributed by atoms with Gasteiger partial charge in [-0.3, -0.25) is 9.69 Å². The van der Waals surface area contributed by atoms with Gasteiger partial charge >= 0.3 is 5.97 Å². The fraction of sp³-hybridized carbons (Fsp3) is 0.286. The van der Waals surface area contributed by atoms with Gasteiger partial charge in [-0.2, -0.15) is 0 Å². The Kier molecular flexibility index (Phi) is 4.70. The first-order valence-corrected chi connectivity index (χ1v) is 9.30. The van der Waals surface area contributed by atoms with Gasteiger partial charge in [-0.1, -0.05) is 29.8 Å². The smallest absolute Gasteiger partial charge is 0.306 e. The van der Waals surface area contributed by atoms with Crippen LogP contribution in [0.15, 0.2) is 54.6 Å². The molecule has 1 aliphatic heterocycles. The molecule has 4 rings (SSSR count). The maximum absolute atomic E-state index is 11.2. The van der Waals surface area contributed by atoms with Gasteiger partial charge in [-0.05, 0) is 62.3 Å². The van der Waals surface area contributed by atoms with Crippen molar-refractivity contribution in [2.24, 2.45) is 5.92 Å². The van der Waals surface area contributed by atoms with Gasteiger partial charge < -0.3 is 9.67 Å². The molecule has 1 N–H and O–H groups in total. The van der Waals surface area contributed by atoms with Crippen molar-refractivity contribution in [2.45, 2.75) is 19.4 Å². The summed E-state index contributed by atoms with van der Waals surface area (Å²) < 4.78 is 2.27. The average Bonchev–Trinajstić information content (AvgIpc) is 3.01. The van der Waals surface area contributed by atoms with Crippen molar-refractivity contribution in [3.05, 3.63) is 65.3 Å². The number of piperidine rings is 1. The summed E-state index contributed by atoms with van der Waals surface area (Å²) in [4.78, 5) is 13.5. The molecule has 2 heterocycles. The SMILES string of the molecule is O=C(O)C1CCN(Cc2cc3ccccc3n2-c2ccc(Cl)cc2)CC1. The van der Waals surface area contributed by atoms with E-state index in [0.717, 1.165) is 43.2 Å². The average molecular weight is 369 g/mol. The monoisotopic (exact) mass is 368 g/mol. The van der Waals surface area contributed by atoms with Crippen LogP contribution in [-0.2, 0) is 11.3 Å². The van der Waals surface area contributed by atoms with E-state index < -0.39 is 5.97 Å². The van der Waals surface area contributed by atoms with Crippen LogP contribution in [0.1, 0.15) is 18.5 Å². The molecule has 4 nitrogen and oxygen atoms in total. The van der Waals surface area contributed by atoms with Gasteiger partial charge in [0.05, 0.1) is 11.4 Å². The van der Waals surface area contributed by atoms with Crippen LogP contribution in [0.5, 0.6) is 0 Å². The lowest BCUT2D eigenvalue weighted by Gasteiger charge is -2.30. The number of aromatic nitrogens is 1. The van der Waals surface area contributed by atoms with Crippen LogP contribution in [0, 0.1) is 5.92 Å². The molecule has 134 valence electrons. The van der Waals surface area contributed by atoms with Crippen LogP contribution in [0.3, 0.4) is 0 Å². The van der Waals surface area contributed by atoms with E-state index in [4.69, 9.17) is 11.6 Å². The molecule has 0 amide bonds. The van der Waals surface area contributed by atoms with Gasteiger partial charge in [-0.15, -0.1) is 0 Å². The summed E-state index contributed by atoms with van der Waals surface area (Å²) in [5.74, 6) is -0.867. The minimum atomic E-state index is -0.667. The molecule has 0 spiro atoms. The van der Waals surface area contributed by atoms with Gasteiger partial charge in [0.15, 0.2) is 0 Å².